The van der Waals surface area contributed by atoms with Gasteiger partial charge in [0.15, 0.2) is 11.3 Å². The Morgan fingerprint density at radius 1 is 1.12 bits per heavy atom. The quantitative estimate of drug-likeness (QED) is 0.719. The number of fused-ring (bicyclic) bond motifs is 1. The average Bonchev–Trinajstić information content (AvgIpc) is 3.21. The Kier molecular flexibility index (Phi) is 3.99. The monoisotopic (exact) mass is 350 g/mol. The number of hydrogen-bond acceptors (Lipinski definition) is 4. The van der Waals surface area contributed by atoms with Crippen LogP contribution in [0.5, 0.6) is 0 Å². The molecule has 5 nitrogen and oxygen atoms in total. The number of para-hydroxylation sites is 2. The first-order chi connectivity index (χ1) is 12.0. The molecule has 132 valence electrons. The molecular formula is C17H17F3N4O. The van der Waals surface area contributed by atoms with E-state index in [2.05, 4.69) is 15.0 Å². The SMILES string of the molecule is FC(F)(F)c1ccn(C2CCN(Cc3nc4ccccc4o3)CC2)n1. The predicted octanol–water partition coefficient (Wildman–Crippen LogP) is 3.88. The predicted molar refractivity (Wildman–Crippen MR) is 84.8 cm³/mol. The Labute approximate surface area is 142 Å². The highest BCUT2D eigenvalue weighted by atomic mass is 19.4. The normalized spacial score (nSPS) is 17.4. The fraction of sp³-hybridized carbons (Fsp3) is 0.412. The molecule has 0 spiro atoms. The molecule has 0 unspecified atom stereocenters. The number of hydrogen-bond donors (Lipinski definition) is 0. The third kappa shape index (κ3) is 3.39. The lowest BCUT2D eigenvalue weighted by Gasteiger charge is -2.31. The van der Waals surface area contributed by atoms with Gasteiger partial charge in [-0.1, -0.05) is 12.1 Å². The smallest absolute Gasteiger partial charge is 0.435 e. The number of oxazole rings is 1. The van der Waals surface area contributed by atoms with Crippen molar-refractivity contribution in [1.82, 2.24) is 19.7 Å². The van der Waals surface area contributed by atoms with Crippen LogP contribution >= 0.6 is 0 Å². The van der Waals surface area contributed by atoms with Crippen molar-refractivity contribution in [2.45, 2.75) is 31.6 Å². The van der Waals surface area contributed by atoms with Crippen LogP contribution < -0.4 is 0 Å². The number of piperidine rings is 1. The molecule has 1 aliphatic rings. The minimum Gasteiger partial charge on any atom is -0.439 e. The molecule has 2 aromatic heterocycles. The molecular weight excluding hydrogens is 333 g/mol. The Bertz CT molecular complexity index is 829. The molecule has 25 heavy (non-hydrogen) atoms. The maximum Gasteiger partial charge on any atom is 0.435 e. The van der Waals surface area contributed by atoms with Gasteiger partial charge in [0.05, 0.1) is 12.6 Å². The van der Waals surface area contributed by atoms with E-state index < -0.39 is 11.9 Å². The van der Waals surface area contributed by atoms with Crippen LogP contribution in [0.15, 0.2) is 40.9 Å². The van der Waals surface area contributed by atoms with Gasteiger partial charge in [0.1, 0.15) is 5.52 Å². The van der Waals surface area contributed by atoms with Crippen molar-refractivity contribution in [2.75, 3.05) is 13.1 Å². The Hall–Kier alpha value is -2.35. The molecule has 3 aromatic rings. The number of rotatable bonds is 3. The highest BCUT2D eigenvalue weighted by molar-refractivity contribution is 5.72. The molecule has 4 rings (SSSR count). The van der Waals surface area contributed by atoms with Crippen LogP contribution in [-0.4, -0.2) is 32.8 Å². The topological polar surface area (TPSA) is 47.1 Å². The largest absolute Gasteiger partial charge is 0.439 e. The Morgan fingerprint density at radius 2 is 1.88 bits per heavy atom. The molecule has 0 atom stereocenters. The average molecular weight is 350 g/mol. The van der Waals surface area contributed by atoms with Gasteiger partial charge in [0.2, 0.25) is 5.89 Å². The van der Waals surface area contributed by atoms with Gasteiger partial charge in [-0.3, -0.25) is 9.58 Å². The van der Waals surface area contributed by atoms with Gasteiger partial charge in [-0.25, -0.2) is 4.98 Å². The second kappa shape index (κ2) is 6.18. The third-order valence-corrected chi connectivity index (χ3v) is 4.53. The van der Waals surface area contributed by atoms with E-state index in [0.29, 0.717) is 12.4 Å². The zero-order valence-electron chi connectivity index (χ0n) is 13.4. The van der Waals surface area contributed by atoms with E-state index in [-0.39, 0.29) is 6.04 Å². The van der Waals surface area contributed by atoms with Crippen molar-refractivity contribution < 1.29 is 17.6 Å². The van der Waals surface area contributed by atoms with Crippen molar-refractivity contribution in [1.29, 1.82) is 0 Å². The molecule has 3 heterocycles. The van der Waals surface area contributed by atoms with Crippen molar-refractivity contribution in [3.63, 3.8) is 0 Å². The maximum atomic E-state index is 12.7. The van der Waals surface area contributed by atoms with E-state index in [9.17, 15) is 13.2 Å². The molecule has 8 heteroatoms. The van der Waals surface area contributed by atoms with Gasteiger partial charge in [0.25, 0.3) is 0 Å². The summed E-state index contributed by atoms with van der Waals surface area (Å²) in [6.45, 7) is 2.14. The molecule has 0 bridgehead atoms. The van der Waals surface area contributed by atoms with Crippen LogP contribution in [0.25, 0.3) is 11.1 Å². The summed E-state index contributed by atoms with van der Waals surface area (Å²) in [5, 5.41) is 3.69. The molecule has 0 N–H and O–H groups in total. The van der Waals surface area contributed by atoms with Crippen LogP contribution in [-0.2, 0) is 12.7 Å². The van der Waals surface area contributed by atoms with E-state index >= 15 is 0 Å². The van der Waals surface area contributed by atoms with Gasteiger partial charge in [-0.2, -0.15) is 18.3 Å². The van der Waals surface area contributed by atoms with Crippen LogP contribution in [0, 0.1) is 0 Å². The number of aromatic nitrogens is 3. The fourth-order valence-electron chi connectivity index (χ4n) is 3.21. The summed E-state index contributed by atoms with van der Waals surface area (Å²) >= 11 is 0. The standard InChI is InChI=1S/C17H17F3N4O/c18-17(19,20)15-7-10-24(22-15)12-5-8-23(9-6-12)11-16-21-13-3-1-2-4-14(13)25-16/h1-4,7,10,12H,5-6,8-9,11H2. The summed E-state index contributed by atoms with van der Waals surface area (Å²) < 4.78 is 45.1. The van der Waals surface area contributed by atoms with E-state index in [0.717, 1.165) is 43.1 Å². The van der Waals surface area contributed by atoms with E-state index in [1.807, 2.05) is 24.3 Å². The molecule has 0 radical (unpaired) electrons. The maximum absolute atomic E-state index is 12.7. The number of nitrogens with zero attached hydrogens (tertiary/aromatic N) is 4. The zero-order chi connectivity index (χ0) is 17.4. The van der Waals surface area contributed by atoms with E-state index in [1.165, 1.54) is 10.9 Å². The first-order valence-corrected chi connectivity index (χ1v) is 8.18. The van der Waals surface area contributed by atoms with Gasteiger partial charge in [0, 0.05) is 19.3 Å². The number of alkyl halides is 3. The van der Waals surface area contributed by atoms with Crippen LogP contribution in [0.4, 0.5) is 13.2 Å². The first-order valence-electron chi connectivity index (χ1n) is 8.18. The fourth-order valence-corrected chi connectivity index (χ4v) is 3.21. The van der Waals surface area contributed by atoms with Crippen LogP contribution in [0.3, 0.4) is 0 Å². The first kappa shape index (κ1) is 16.1. The second-order valence-electron chi connectivity index (χ2n) is 6.26. The van der Waals surface area contributed by atoms with Crippen molar-refractivity contribution in [3.05, 3.63) is 48.1 Å². The number of halogens is 3. The molecule has 1 saturated heterocycles. The molecule has 1 fully saturated rings. The molecule has 0 saturated carbocycles. The lowest BCUT2D eigenvalue weighted by Crippen LogP contribution is -2.34. The Balaban J connectivity index is 1.37. The number of benzene rings is 1. The van der Waals surface area contributed by atoms with Crippen molar-refractivity contribution >= 4 is 11.1 Å². The van der Waals surface area contributed by atoms with Gasteiger partial charge in [-0.05, 0) is 31.0 Å². The third-order valence-electron chi connectivity index (χ3n) is 4.53. The van der Waals surface area contributed by atoms with Crippen molar-refractivity contribution in [2.24, 2.45) is 0 Å². The Morgan fingerprint density at radius 3 is 2.56 bits per heavy atom. The van der Waals surface area contributed by atoms with E-state index in [4.69, 9.17) is 4.42 Å². The summed E-state index contributed by atoms with van der Waals surface area (Å²) in [7, 11) is 0. The van der Waals surface area contributed by atoms with Gasteiger partial charge < -0.3 is 4.42 Å². The van der Waals surface area contributed by atoms with Gasteiger partial charge in [-0.15, -0.1) is 0 Å². The van der Waals surface area contributed by atoms with Crippen LogP contribution in [0.2, 0.25) is 0 Å². The van der Waals surface area contributed by atoms with E-state index in [1.54, 1.807) is 0 Å². The van der Waals surface area contributed by atoms with Crippen LogP contribution in [0.1, 0.15) is 30.5 Å². The summed E-state index contributed by atoms with van der Waals surface area (Å²) in [5.74, 6) is 0.665. The summed E-state index contributed by atoms with van der Waals surface area (Å²) in [6.07, 6.45) is -1.47. The van der Waals surface area contributed by atoms with Gasteiger partial charge >= 0.3 is 6.18 Å². The molecule has 0 amide bonds. The molecule has 1 aromatic carbocycles. The highest BCUT2D eigenvalue weighted by Crippen LogP contribution is 2.30. The zero-order valence-corrected chi connectivity index (χ0v) is 13.4. The van der Waals surface area contributed by atoms with Crippen molar-refractivity contribution in [3.8, 4) is 0 Å². The second-order valence-corrected chi connectivity index (χ2v) is 6.26. The highest BCUT2D eigenvalue weighted by Gasteiger charge is 2.34. The summed E-state index contributed by atoms with van der Waals surface area (Å²) in [4.78, 5) is 6.67. The summed E-state index contributed by atoms with van der Waals surface area (Å²) in [6, 6.07) is 8.64. The number of likely N-dealkylation sites (tertiary alicyclic amines) is 1. The minimum atomic E-state index is -4.39. The minimum absolute atomic E-state index is 0.00372. The lowest BCUT2D eigenvalue weighted by atomic mass is 10.1. The molecule has 1 aliphatic heterocycles. The lowest BCUT2D eigenvalue weighted by molar-refractivity contribution is -0.141. The molecule has 0 aliphatic carbocycles. The summed E-state index contributed by atoms with van der Waals surface area (Å²) in [5.41, 5.74) is 0.772.